The Bertz CT molecular complexity index is 888. The summed E-state index contributed by atoms with van der Waals surface area (Å²) in [5, 5.41) is 18.3. The van der Waals surface area contributed by atoms with Crippen LogP contribution < -0.4 is 0 Å². The van der Waals surface area contributed by atoms with E-state index in [1.807, 2.05) is 0 Å². The number of carboxylic acid groups (broad SMARTS) is 1. The van der Waals surface area contributed by atoms with Gasteiger partial charge in [-0.2, -0.15) is 74.6 Å². The molecule has 0 saturated heterocycles. The zero-order chi connectivity index (χ0) is 30.6. The van der Waals surface area contributed by atoms with E-state index in [9.17, 15) is 84.5 Å². The number of alkyl halides is 17. The Morgan fingerprint density at radius 2 is 0.919 bits per heavy atom. The molecule has 220 valence electrons. The second kappa shape index (κ2) is 9.32. The van der Waals surface area contributed by atoms with Gasteiger partial charge in [0.2, 0.25) is 0 Å². The summed E-state index contributed by atoms with van der Waals surface area (Å²) in [5.74, 6) is -60.3. The fourth-order valence-corrected chi connectivity index (χ4v) is 3.00. The number of rotatable bonds is 11. The highest BCUT2D eigenvalue weighted by atomic mass is 19.4. The third-order valence-corrected chi connectivity index (χ3v) is 5.45. The van der Waals surface area contributed by atoms with Crippen molar-refractivity contribution < 1.29 is 89.6 Å². The third kappa shape index (κ3) is 4.49. The molecule has 0 bridgehead atoms. The molecule has 0 rings (SSSR count). The zero-order valence-electron chi connectivity index (χ0n) is 18.1. The molecule has 0 fully saturated rings. The number of aliphatic hydroxyl groups is 1. The summed E-state index contributed by atoms with van der Waals surface area (Å²) in [6.45, 7) is 0.747. The lowest BCUT2D eigenvalue weighted by atomic mass is 9.69. The van der Waals surface area contributed by atoms with Gasteiger partial charge in [-0.05, 0) is 20.3 Å². The lowest BCUT2D eigenvalue weighted by molar-refractivity contribution is -0.466. The molecule has 0 aromatic heterocycles. The van der Waals surface area contributed by atoms with E-state index in [0.29, 0.717) is 13.8 Å². The van der Waals surface area contributed by atoms with Crippen LogP contribution >= 0.6 is 0 Å². The van der Waals surface area contributed by atoms with Gasteiger partial charge in [-0.25, -0.2) is 4.79 Å². The van der Waals surface area contributed by atoms with E-state index in [1.54, 1.807) is 0 Å². The number of aliphatic carboxylic acids is 1. The van der Waals surface area contributed by atoms with Crippen molar-refractivity contribution in [3.63, 3.8) is 0 Å². The van der Waals surface area contributed by atoms with Crippen LogP contribution in [0.1, 0.15) is 27.2 Å². The van der Waals surface area contributed by atoms with Crippen molar-refractivity contribution in [1.29, 1.82) is 0 Å². The quantitative estimate of drug-likeness (QED) is 0.206. The van der Waals surface area contributed by atoms with Crippen LogP contribution in [0, 0.1) is 5.41 Å². The van der Waals surface area contributed by atoms with Crippen molar-refractivity contribution in [2.45, 2.75) is 80.9 Å². The Morgan fingerprint density at radius 1 is 0.649 bits per heavy atom. The minimum atomic E-state index is -8.78. The molecule has 0 heterocycles. The van der Waals surface area contributed by atoms with Crippen LogP contribution in [-0.4, -0.2) is 69.9 Å². The van der Waals surface area contributed by atoms with Crippen LogP contribution in [0.15, 0.2) is 11.6 Å². The minimum absolute atomic E-state index is 0.0854. The maximum atomic E-state index is 14.8. The van der Waals surface area contributed by atoms with Crippen molar-refractivity contribution >= 4 is 5.97 Å². The number of halogens is 17. The summed E-state index contributed by atoms with van der Waals surface area (Å²) in [5.41, 5.74) is -5.82. The molecule has 0 aliphatic rings. The van der Waals surface area contributed by atoms with Crippen LogP contribution in [0.2, 0.25) is 0 Å². The summed E-state index contributed by atoms with van der Waals surface area (Å²) in [6.07, 6.45) is -13.3. The third-order valence-electron chi connectivity index (χ3n) is 5.45. The van der Waals surface area contributed by atoms with Crippen LogP contribution in [0.5, 0.6) is 0 Å². The number of aliphatic hydroxyl groups excluding tert-OH is 1. The van der Waals surface area contributed by atoms with E-state index in [2.05, 4.69) is 0 Å². The first-order valence-corrected chi connectivity index (χ1v) is 9.15. The highest BCUT2D eigenvalue weighted by Gasteiger charge is 2.96. The lowest BCUT2D eigenvalue weighted by Gasteiger charge is -2.48. The molecule has 0 spiro atoms. The lowest BCUT2D eigenvalue weighted by Crippen LogP contribution is -2.76. The first-order chi connectivity index (χ1) is 15.8. The molecular formula is C17H15F17O3. The van der Waals surface area contributed by atoms with Gasteiger partial charge < -0.3 is 10.2 Å². The molecule has 3 nitrogen and oxygen atoms in total. The molecule has 0 aromatic rings. The molecule has 0 aliphatic carbocycles. The number of carboxylic acids is 1. The molecular weight excluding hydrogens is 575 g/mol. The monoisotopic (exact) mass is 590 g/mol. The Morgan fingerprint density at radius 3 is 1.14 bits per heavy atom. The molecule has 2 N–H and O–H groups in total. The van der Waals surface area contributed by atoms with Crippen molar-refractivity contribution in [3.05, 3.63) is 11.6 Å². The van der Waals surface area contributed by atoms with Crippen molar-refractivity contribution in [2.24, 2.45) is 5.41 Å². The fraction of sp³-hybridized carbons (Fsp3) is 0.824. The van der Waals surface area contributed by atoms with Gasteiger partial charge >= 0.3 is 53.6 Å². The largest absolute Gasteiger partial charge is 0.478 e. The Balaban J connectivity index is 7.40. The van der Waals surface area contributed by atoms with E-state index >= 15 is 0 Å². The normalized spacial score (nSPS) is 18.5. The summed E-state index contributed by atoms with van der Waals surface area (Å²) in [6, 6.07) is 0. The van der Waals surface area contributed by atoms with Crippen LogP contribution in [0.25, 0.3) is 0 Å². The fourth-order valence-electron chi connectivity index (χ4n) is 3.00. The molecule has 37 heavy (non-hydrogen) atoms. The average Bonchev–Trinajstić information content (AvgIpc) is 2.69. The highest BCUT2D eigenvalue weighted by Crippen LogP contribution is 2.66. The van der Waals surface area contributed by atoms with Gasteiger partial charge in [0, 0.05) is 5.57 Å². The molecule has 2 atom stereocenters. The van der Waals surface area contributed by atoms with Crippen LogP contribution in [0.3, 0.4) is 0 Å². The van der Waals surface area contributed by atoms with Gasteiger partial charge in [0.05, 0.1) is 11.5 Å². The molecule has 0 aliphatic heterocycles. The first-order valence-electron chi connectivity index (χ1n) is 9.15. The SMILES string of the molecule is CCC(C=C(C)C(=O)O)(C(C)O)C(F)(F)C(F)(F)C(F)(F)C(F)(F)C(F)(F)C(F)(F)C(F)(F)C(F)(F)F. The van der Waals surface area contributed by atoms with Crippen LogP contribution in [-0.2, 0) is 4.79 Å². The second-order valence-corrected chi connectivity index (χ2v) is 7.72. The second-order valence-electron chi connectivity index (χ2n) is 7.72. The maximum absolute atomic E-state index is 14.8. The molecule has 2 unspecified atom stereocenters. The van der Waals surface area contributed by atoms with Gasteiger partial charge in [0.15, 0.2) is 0 Å². The van der Waals surface area contributed by atoms with Gasteiger partial charge in [-0.3, -0.25) is 0 Å². The molecule has 20 heteroatoms. The summed E-state index contributed by atoms with van der Waals surface area (Å²) in [4.78, 5) is 10.9. The predicted octanol–water partition coefficient (Wildman–Crippen LogP) is 6.80. The van der Waals surface area contributed by atoms with E-state index in [4.69, 9.17) is 5.11 Å². The molecule has 0 saturated carbocycles. The Kier molecular flexibility index (Phi) is 8.81. The van der Waals surface area contributed by atoms with Crippen molar-refractivity contribution in [3.8, 4) is 0 Å². The van der Waals surface area contributed by atoms with E-state index in [-0.39, 0.29) is 6.92 Å². The van der Waals surface area contributed by atoms with Crippen LogP contribution in [0.4, 0.5) is 74.6 Å². The molecule has 0 aromatic carbocycles. The standard InChI is InChI=1S/C17H15F17O3/c1-4-9(7(3)35,5-6(2)8(36)37)10(18,19)11(20,21)12(22,23)13(24,25)14(26,27)15(28,29)16(30,31)17(32,33)34/h5,7,35H,4H2,1-3H3,(H,36,37). The zero-order valence-corrected chi connectivity index (χ0v) is 18.1. The van der Waals surface area contributed by atoms with Gasteiger partial charge in [0.25, 0.3) is 0 Å². The minimum Gasteiger partial charge on any atom is -0.478 e. The number of hydrogen-bond donors (Lipinski definition) is 2. The maximum Gasteiger partial charge on any atom is 0.460 e. The highest BCUT2D eigenvalue weighted by molar-refractivity contribution is 5.86. The van der Waals surface area contributed by atoms with Gasteiger partial charge in [0.1, 0.15) is 0 Å². The molecule has 0 amide bonds. The summed E-state index contributed by atoms with van der Waals surface area (Å²) in [7, 11) is 0. The topological polar surface area (TPSA) is 57.5 Å². The molecule has 0 radical (unpaired) electrons. The smallest absolute Gasteiger partial charge is 0.460 e. The first kappa shape index (κ1) is 35.0. The average molecular weight is 590 g/mol. The number of carbonyl (C=O) groups is 1. The van der Waals surface area contributed by atoms with E-state index in [1.165, 1.54) is 0 Å². The Labute approximate surface area is 194 Å². The predicted molar refractivity (Wildman–Crippen MR) is 86.5 cm³/mol. The van der Waals surface area contributed by atoms with Gasteiger partial charge in [-0.15, -0.1) is 0 Å². The van der Waals surface area contributed by atoms with E-state index < -0.39 is 83.2 Å². The summed E-state index contributed by atoms with van der Waals surface area (Å²) < 4.78 is 230. The summed E-state index contributed by atoms with van der Waals surface area (Å²) >= 11 is 0. The van der Waals surface area contributed by atoms with E-state index in [0.717, 1.165) is 0 Å². The number of hydrogen-bond acceptors (Lipinski definition) is 2. The van der Waals surface area contributed by atoms with Crippen molar-refractivity contribution in [1.82, 2.24) is 0 Å². The van der Waals surface area contributed by atoms with Gasteiger partial charge in [-0.1, -0.05) is 13.0 Å². The Hall–Kier alpha value is -2.02. The van der Waals surface area contributed by atoms with Crippen molar-refractivity contribution in [2.75, 3.05) is 0 Å².